The number of nitrogens with one attached hydrogen (secondary N) is 1. The lowest BCUT2D eigenvalue weighted by molar-refractivity contribution is -0.393. The van der Waals surface area contributed by atoms with Gasteiger partial charge in [-0.2, -0.15) is 0 Å². The number of carbonyl (C=O) groups is 1. The molecule has 0 heterocycles. The molecule has 1 N–H and O–H groups in total. The van der Waals surface area contributed by atoms with E-state index in [1.807, 2.05) is 30.3 Å². The fourth-order valence-electron chi connectivity index (χ4n) is 2.01. The zero-order valence-electron chi connectivity index (χ0n) is 12.0. The number of nitro benzene ring substituents is 2. The highest BCUT2D eigenvalue weighted by molar-refractivity contribution is 5.93. The van der Waals surface area contributed by atoms with E-state index in [1.54, 1.807) is 0 Å². The number of aryl methyl sites for hydroxylation is 1. The van der Waals surface area contributed by atoms with Crippen molar-refractivity contribution in [3.63, 3.8) is 0 Å². The lowest BCUT2D eigenvalue weighted by Gasteiger charge is -2.06. The summed E-state index contributed by atoms with van der Waals surface area (Å²) in [6.45, 7) is 0. The van der Waals surface area contributed by atoms with Crippen molar-refractivity contribution in [2.45, 2.75) is 12.8 Å². The highest BCUT2D eigenvalue weighted by Crippen LogP contribution is 2.29. The average Bonchev–Trinajstić information content (AvgIpc) is 2.54. The number of hydrogen-bond acceptors (Lipinski definition) is 5. The predicted octanol–water partition coefficient (Wildman–Crippen LogP) is 3.07. The third kappa shape index (κ3) is 4.34. The van der Waals surface area contributed by atoms with Gasteiger partial charge in [0.2, 0.25) is 5.91 Å². The molecular weight excluding hydrogens is 302 g/mol. The molecule has 2 aromatic carbocycles. The number of benzene rings is 2. The summed E-state index contributed by atoms with van der Waals surface area (Å²) in [7, 11) is 0. The Balaban J connectivity index is 2.08. The van der Waals surface area contributed by atoms with Crippen LogP contribution in [-0.2, 0) is 11.2 Å². The summed E-state index contributed by atoms with van der Waals surface area (Å²) in [6, 6.07) is 12.4. The first kappa shape index (κ1) is 16.1. The summed E-state index contributed by atoms with van der Waals surface area (Å²) < 4.78 is 0. The van der Waals surface area contributed by atoms with Crippen LogP contribution in [0.1, 0.15) is 12.0 Å². The van der Waals surface area contributed by atoms with E-state index in [9.17, 15) is 25.0 Å². The number of rotatable bonds is 6. The molecule has 0 aliphatic heterocycles. The molecule has 0 aromatic heterocycles. The van der Waals surface area contributed by atoms with Crippen LogP contribution in [0.4, 0.5) is 17.1 Å². The Hall–Kier alpha value is -3.29. The van der Waals surface area contributed by atoms with Crippen LogP contribution in [0.5, 0.6) is 0 Å². The predicted molar refractivity (Wildman–Crippen MR) is 83.1 cm³/mol. The maximum atomic E-state index is 11.9. The van der Waals surface area contributed by atoms with Gasteiger partial charge in [-0.05, 0) is 18.1 Å². The second-order valence-corrected chi connectivity index (χ2v) is 4.75. The number of nitrogens with zero attached hydrogens (tertiary/aromatic N) is 2. The summed E-state index contributed by atoms with van der Waals surface area (Å²) in [4.78, 5) is 32.1. The van der Waals surface area contributed by atoms with E-state index >= 15 is 0 Å². The lowest BCUT2D eigenvalue weighted by atomic mass is 10.1. The van der Waals surface area contributed by atoms with Gasteiger partial charge >= 0.3 is 0 Å². The number of non-ortho nitro benzene ring substituents is 1. The zero-order valence-corrected chi connectivity index (χ0v) is 12.0. The second-order valence-electron chi connectivity index (χ2n) is 4.75. The van der Waals surface area contributed by atoms with Gasteiger partial charge < -0.3 is 5.32 Å². The minimum Gasteiger partial charge on any atom is -0.320 e. The largest absolute Gasteiger partial charge is 0.320 e. The molecule has 8 heteroatoms. The maximum Gasteiger partial charge on any atom is 0.299 e. The number of anilines is 1. The van der Waals surface area contributed by atoms with Gasteiger partial charge in [0.1, 0.15) is 5.69 Å². The summed E-state index contributed by atoms with van der Waals surface area (Å²) >= 11 is 0. The van der Waals surface area contributed by atoms with E-state index < -0.39 is 27.1 Å². The topological polar surface area (TPSA) is 115 Å². The Kier molecular flexibility index (Phi) is 4.98. The molecule has 8 nitrogen and oxygen atoms in total. The van der Waals surface area contributed by atoms with Crippen LogP contribution >= 0.6 is 0 Å². The van der Waals surface area contributed by atoms with Crippen molar-refractivity contribution in [2.24, 2.45) is 0 Å². The minimum atomic E-state index is -0.764. The van der Waals surface area contributed by atoms with Crippen LogP contribution in [0.3, 0.4) is 0 Å². The monoisotopic (exact) mass is 315 g/mol. The van der Waals surface area contributed by atoms with Crippen LogP contribution in [0.25, 0.3) is 0 Å². The van der Waals surface area contributed by atoms with Gasteiger partial charge in [-0.3, -0.25) is 25.0 Å². The third-order valence-corrected chi connectivity index (χ3v) is 3.15. The molecule has 23 heavy (non-hydrogen) atoms. The highest BCUT2D eigenvalue weighted by Gasteiger charge is 2.20. The van der Waals surface area contributed by atoms with Crippen LogP contribution in [0.15, 0.2) is 48.5 Å². The Morgan fingerprint density at radius 2 is 1.70 bits per heavy atom. The molecule has 0 aliphatic rings. The zero-order chi connectivity index (χ0) is 16.8. The Morgan fingerprint density at radius 3 is 2.30 bits per heavy atom. The fourth-order valence-corrected chi connectivity index (χ4v) is 2.01. The highest BCUT2D eigenvalue weighted by atomic mass is 16.6. The van der Waals surface area contributed by atoms with Gasteiger partial charge in [0.15, 0.2) is 0 Å². The SMILES string of the molecule is O=C(CCc1ccccc1)Nc1ccc([N+](=O)[O-])cc1[N+](=O)[O-]. The van der Waals surface area contributed by atoms with Crippen LogP contribution in [-0.4, -0.2) is 15.8 Å². The van der Waals surface area contributed by atoms with Crippen molar-refractivity contribution < 1.29 is 14.6 Å². The molecule has 118 valence electrons. The van der Waals surface area contributed by atoms with Gasteiger partial charge in [-0.15, -0.1) is 0 Å². The molecule has 0 bridgehead atoms. The molecule has 0 saturated carbocycles. The lowest BCUT2D eigenvalue weighted by Crippen LogP contribution is -2.13. The molecule has 2 aromatic rings. The van der Waals surface area contributed by atoms with Crippen molar-refractivity contribution in [2.75, 3.05) is 5.32 Å². The van der Waals surface area contributed by atoms with Gasteiger partial charge in [0, 0.05) is 12.5 Å². The Bertz CT molecular complexity index is 746. The second kappa shape index (κ2) is 7.12. The van der Waals surface area contributed by atoms with E-state index in [2.05, 4.69) is 5.32 Å². The van der Waals surface area contributed by atoms with Crippen molar-refractivity contribution >= 4 is 23.0 Å². The van der Waals surface area contributed by atoms with Crippen molar-refractivity contribution in [3.8, 4) is 0 Å². The standard InChI is InChI=1S/C15H13N3O5/c19-15(9-6-11-4-2-1-3-5-11)16-13-8-7-12(17(20)21)10-14(13)18(22)23/h1-5,7-8,10H,6,9H2,(H,16,19). The van der Waals surface area contributed by atoms with Crippen molar-refractivity contribution in [1.82, 2.24) is 0 Å². The molecular formula is C15H13N3O5. The molecule has 2 rings (SSSR count). The summed E-state index contributed by atoms with van der Waals surface area (Å²) in [5.74, 6) is -0.397. The van der Waals surface area contributed by atoms with Gasteiger partial charge in [0.25, 0.3) is 11.4 Å². The first-order chi connectivity index (χ1) is 11.0. The molecule has 0 atom stereocenters. The molecule has 0 saturated heterocycles. The summed E-state index contributed by atoms with van der Waals surface area (Å²) in [6.07, 6.45) is 0.644. The van der Waals surface area contributed by atoms with Crippen molar-refractivity contribution in [3.05, 3.63) is 74.3 Å². The van der Waals surface area contributed by atoms with Crippen LogP contribution < -0.4 is 5.32 Å². The van der Waals surface area contributed by atoms with Gasteiger partial charge in [-0.25, -0.2) is 0 Å². The number of amides is 1. The normalized spacial score (nSPS) is 10.1. The summed E-state index contributed by atoms with van der Waals surface area (Å²) in [5.41, 5.74) is 0.00533. The smallest absolute Gasteiger partial charge is 0.299 e. The Labute approximate surface area is 131 Å². The summed E-state index contributed by atoms with van der Waals surface area (Å²) in [5, 5.41) is 24.1. The van der Waals surface area contributed by atoms with E-state index in [4.69, 9.17) is 0 Å². The molecule has 1 amide bonds. The fraction of sp³-hybridized carbons (Fsp3) is 0.133. The van der Waals surface area contributed by atoms with Gasteiger partial charge in [-0.1, -0.05) is 30.3 Å². The average molecular weight is 315 g/mol. The molecule has 0 spiro atoms. The minimum absolute atomic E-state index is 0.0568. The molecule has 0 radical (unpaired) electrons. The molecule has 0 aliphatic carbocycles. The van der Waals surface area contributed by atoms with E-state index in [-0.39, 0.29) is 12.1 Å². The first-order valence-corrected chi connectivity index (χ1v) is 6.74. The maximum absolute atomic E-state index is 11.9. The van der Waals surface area contributed by atoms with Crippen LogP contribution in [0.2, 0.25) is 0 Å². The van der Waals surface area contributed by atoms with E-state index in [0.717, 1.165) is 23.8 Å². The number of carbonyl (C=O) groups excluding carboxylic acids is 1. The molecule has 0 unspecified atom stereocenters. The molecule has 0 fully saturated rings. The first-order valence-electron chi connectivity index (χ1n) is 6.74. The quantitative estimate of drug-likeness (QED) is 0.649. The van der Waals surface area contributed by atoms with E-state index in [1.165, 1.54) is 0 Å². The van der Waals surface area contributed by atoms with Gasteiger partial charge in [0.05, 0.1) is 15.9 Å². The third-order valence-electron chi connectivity index (χ3n) is 3.15. The van der Waals surface area contributed by atoms with Crippen molar-refractivity contribution in [1.29, 1.82) is 0 Å². The Morgan fingerprint density at radius 1 is 1.00 bits per heavy atom. The van der Waals surface area contributed by atoms with E-state index in [0.29, 0.717) is 6.42 Å². The number of nitro groups is 2. The number of hydrogen-bond donors (Lipinski definition) is 1. The van der Waals surface area contributed by atoms with Crippen LogP contribution in [0, 0.1) is 20.2 Å².